The molecule has 0 aliphatic heterocycles. The molecule has 0 radical (unpaired) electrons. The Kier molecular flexibility index (Phi) is 4.91. The zero-order valence-electron chi connectivity index (χ0n) is 12.6. The maximum atomic E-state index is 11.7. The van der Waals surface area contributed by atoms with Crippen LogP contribution in [-0.2, 0) is 4.79 Å². The monoisotopic (exact) mass is 291 g/mol. The van der Waals surface area contributed by atoms with Crippen molar-refractivity contribution in [1.82, 2.24) is 25.3 Å². The Labute approximate surface area is 123 Å². The van der Waals surface area contributed by atoms with E-state index in [1.54, 1.807) is 11.2 Å². The number of aromatic nitrogens is 4. The van der Waals surface area contributed by atoms with Gasteiger partial charge in [0.15, 0.2) is 11.5 Å². The van der Waals surface area contributed by atoms with Crippen LogP contribution in [0, 0.1) is 0 Å². The molecule has 0 saturated carbocycles. The molecule has 21 heavy (non-hydrogen) atoms. The first-order valence-corrected chi connectivity index (χ1v) is 7.08. The Morgan fingerprint density at radius 1 is 1.38 bits per heavy atom. The summed E-state index contributed by atoms with van der Waals surface area (Å²) < 4.78 is 0. The van der Waals surface area contributed by atoms with E-state index in [4.69, 9.17) is 0 Å². The van der Waals surface area contributed by atoms with Crippen LogP contribution < -0.4 is 15.5 Å². The van der Waals surface area contributed by atoms with Crippen LogP contribution in [0.5, 0.6) is 0 Å². The van der Waals surface area contributed by atoms with Crippen molar-refractivity contribution in [2.75, 3.05) is 36.9 Å². The summed E-state index contributed by atoms with van der Waals surface area (Å²) in [5, 5.41) is 5.92. The number of aromatic amines is 1. The number of rotatable bonds is 7. The lowest BCUT2D eigenvalue weighted by Crippen LogP contribution is -2.35. The third-order valence-electron chi connectivity index (χ3n) is 2.92. The van der Waals surface area contributed by atoms with Crippen molar-refractivity contribution in [3.05, 3.63) is 6.33 Å². The van der Waals surface area contributed by atoms with Crippen molar-refractivity contribution in [2.45, 2.75) is 20.3 Å². The molecule has 0 aliphatic rings. The van der Waals surface area contributed by atoms with E-state index < -0.39 is 0 Å². The van der Waals surface area contributed by atoms with Gasteiger partial charge in [0, 0.05) is 20.1 Å². The molecule has 0 aromatic carbocycles. The van der Waals surface area contributed by atoms with Crippen molar-refractivity contribution >= 4 is 28.8 Å². The smallest absolute Gasteiger partial charge is 0.239 e. The molecule has 8 heteroatoms. The zero-order valence-corrected chi connectivity index (χ0v) is 12.6. The molecule has 2 heterocycles. The van der Waals surface area contributed by atoms with Crippen LogP contribution >= 0.6 is 0 Å². The number of hydrogen-bond donors (Lipinski definition) is 3. The fourth-order valence-electron chi connectivity index (χ4n) is 1.95. The largest absolute Gasteiger partial charge is 0.355 e. The molecule has 2 aromatic rings. The number of H-pyrrole nitrogens is 1. The van der Waals surface area contributed by atoms with Gasteiger partial charge in [-0.1, -0.05) is 6.92 Å². The number of likely N-dealkylation sites (N-methyl/N-ethyl adjacent to an activating group) is 2. The molecule has 0 spiro atoms. The number of amides is 1. The number of nitrogens with one attached hydrogen (secondary N) is 3. The van der Waals surface area contributed by atoms with Crippen molar-refractivity contribution in [1.29, 1.82) is 0 Å². The highest BCUT2D eigenvalue weighted by atomic mass is 16.2. The lowest BCUT2D eigenvalue weighted by atomic mass is 10.4. The van der Waals surface area contributed by atoms with Gasteiger partial charge in [-0.05, 0) is 13.3 Å². The van der Waals surface area contributed by atoms with E-state index in [1.165, 1.54) is 0 Å². The van der Waals surface area contributed by atoms with Gasteiger partial charge >= 0.3 is 0 Å². The molecule has 0 bridgehead atoms. The number of hydrogen-bond acceptors (Lipinski definition) is 6. The first-order chi connectivity index (χ1) is 10.2. The Hall–Kier alpha value is -2.38. The molecule has 0 fully saturated rings. The molecule has 2 aromatic heterocycles. The van der Waals surface area contributed by atoms with E-state index in [1.807, 2.05) is 14.0 Å². The molecule has 0 saturated heterocycles. The molecule has 114 valence electrons. The Bertz CT molecular complexity index is 610. The zero-order chi connectivity index (χ0) is 15.2. The summed E-state index contributed by atoms with van der Waals surface area (Å²) in [6, 6.07) is 0. The third kappa shape index (κ3) is 3.59. The fourth-order valence-corrected chi connectivity index (χ4v) is 1.95. The number of carbonyl (C=O) groups is 1. The Morgan fingerprint density at radius 2 is 2.19 bits per heavy atom. The SMILES string of the molecule is CCCNc1nc(N(C)CC(=O)NCC)c2[nH]cnc2n1. The van der Waals surface area contributed by atoms with Crippen molar-refractivity contribution in [3.63, 3.8) is 0 Å². The third-order valence-corrected chi connectivity index (χ3v) is 2.92. The number of imidazole rings is 1. The number of anilines is 2. The molecule has 0 unspecified atom stereocenters. The summed E-state index contributed by atoms with van der Waals surface area (Å²) in [6.07, 6.45) is 2.55. The van der Waals surface area contributed by atoms with E-state index >= 15 is 0 Å². The van der Waals surface area contributed by atoms with Gasteiger partial charge in [0.05, 0.1) is 12.9 Å². The number of nitrogens with zero attached hydrogens (tertiary/aromatic N) is 4. The van der Waals surface area contributed by atoms with E-state index in [-0.39, 0.29) is 12.5 Å². The predicted octanol–water partition coefficient (Wildman–Crippen LogP) is 0.747. The summed E-state index contributed by atoms with van der Waals surface area (Å²) in [6.45, 7) is 5.59. The van der Waals surface area contributed by atoms with Crippen LogP contribution in [0.15, 0.2) is 6.33 Å². The number of fused-ring (bicyclic) bond motifs is 1. The van der Waals surface area contributed by atoms with Crippen LogP contribution in [0.4, 0.5) is 11.8 Å². The van der Waals surface area contributed by atoms with Gasteiger partial charge in [-0.3, -0.25) is 4.79 Å². The number of carbonyl (C=O) groups excluding carboxylic acids is 1. The van der Waals surface area contributed by atoms with Gasteiger partial charge in [0.1, 0.15) is 5.52 Å². The summed E-state index contributed by atoms with van der Waals surface area (Å²) >= 11 is 0. The standard InChI is InChI=1S/C13H21N7O/c1-4-6-15-13-18-11-10(16-8-17-11)12(19-13)20(3)7-9(21)14-5-2/h8H,4-7H2,1-3H3,(H,14,21)(H2,15,16,17,18,19). The van der Waals surface area contributed by atoms with Crippen LogP contribution in [0.25, 0.3) is 11.2 Å². The highest BCUT2D eigenvalue weighted by Crippen LogP contribution is 2.21. The molecule has 2 rings (SSSR count). The second-order valence-corrected chi connectivity index (χ2v) is 4.71. The van der Waals surface area contributed by atoms with Crippen LogP contribution in [-0.4, -0.2) is 52.5 Å². The molecule has 1 amide bonds. The van der Waals surface area contributed by atoms with Gasteiger partial charge in [0.25, 0.3) is 0 Å². The summed E-state index contributed by atoms with van der Waals surface area (Å²) in [7, 11) is 1.82. The first-order valence-electron chi connectivity index (χ1n) is 7.08. The summed E-state index contributed by atoms with van der Waals surface area (Å²) in [4.78, 5) is 29.5. The van der Waals surface area contributed by atoms with Crippen molar-refractivity contribution < 1.29 is 4.79 Å². The molecular formula is C13H21N7O. The second-order valence-electron chi connectivity index (χ2n) is 4.71. The van der Waals surface area contributed by atoms with E-state index in [0.717, 1.165) is 18.5 Å². The van der Waals surface area contributed by atoms with E-state index in [9.17, 15) is 4.79 Å². The molecule has 0 atom stereocenters. The van der Waals surface area contributed by atoms with Crippen LogP contribution in [0.1, 0.15) is 20.3 Å². The Morgan fingerprint density at radius 3 is 2.90 bits per heavy atom. The Balaban J connectivity index is 2.27. The highest BCUT2D eigenvalue weighted by Gasteiger charge is 2.15. The van der Waals surface area contributed by atoms with Crippen molar-refractivity contribution in [2.24, 2.45) is 0 Å². The lowest BCUT2D eigenvalue weighted by molar-refractivity contribution is -0.119. The summed E-state index contributed by atoms with van der Waals surface area (Å²) in [5.41, 5.74) is 1.31. The van der Waals surface area contributed by atoms with E-state index in [0.29, 0.717) is 24.0 Å². The topological polar surface area (TPSA) is 98.8 Å². The molecule has 8 nitrogen and oxygen atoms in total. The minimum Gasteiger partial charge on any atom is -0.355 e. The maximum Gasteiger partial charge on any atom is 0.239 e. The normalized spacial score (nSPS) is 10.6. The average Bonchev–Trinajstić information content (AvgIpc) is 2.92. The molecular weight excluding hydrogens is 270 g/mol. The maximum absolute atomic E-state index is 11.7. The van der Waals surface area contributed by atoms with Crippen molar-refractivity contribution in [3.8, 4) is 0 Å². The second kappa shape index (κ2) is 6.87. The van der Waals surface area contributed by atoms with E-state index in [2.05, 4.69) is 37.5 Å². The molecule has 0 aliphatic carbocycles. The highest BCUT2D eigenvalue weighted by molar-refractivity contribution is 5.87. The average molecular weight is 291 g/mol. The van der Waals surface area contributed by atoms with Gasteiger partial charge in [-0.25, -0.2) is 4.98 Å². The fraction of sp³-hybridized carbons (Fsp3) is 0.538. The van der Waals surface area contributed by atoms with Gasteiger partial charge in [0.2, 0.25) is 11.9 Å². The van der Waals surface area contributed by atoms with Crippen LogP contribution in [0.2, 0.25) is 0 Å². The van der Waals surface area contributed by atoms with Gasteiger partial charge in [-0.15, -0.1) is 0 Å². The predicted molar refractivity (Wildman–Crippen MR) is 82.4 cm³/mol. The minimum absolute atomic E-state index is 0.0469. The lowest BCUT2D eigenvalue weighted by Gasteiger charge is -2.18. The minimum atomic E-state index is -0.0469. The molecule has 3 N–H and O–H groups in total. The summed E-state index contributed by atoms with van der Waals surface area (Å²) in [5.74, 6) is 1.13. The van der Waals surface area contributed by atoms with Crippen LogP contribution in [0.3, 0.4) is 0 Å². The van der Waals surface area contributed by atoms with Gasteiger partial charge < -0.3 is 20.5 Å². The quantitative estimate of drug-likeness (QED) is 0.696. The first kappa shape index (κ1) is 15.0. The van der Waals surface area contributed by atoms with Gasteiger partial charge in [-0.2, -0.15) is 9.97 Å².